The van der Waals surface area contributed by atoms with Gasteiger partial charge in [0.1, 0.15) is 5.82 Å². The first kappa shape index (κ1) is 27.4. The van der Waals surface area contributed by atoms with E-state index in [1.165, 1.54) is 12.8 Å². The van der Waals surface area contributed by atoms with E-state index in [1.54, 1.807) is 24.4 Å². The average molecular weight is 563 g/mol. The molecule has 9 nitrogen and oxygen atoms in total. The van der Waals surface area contributed by atoms with Crippen LogP contribution in [0.3, 0.4) is 0 Å². The van der Waals surface area contributed by atoms with Crippen molar-refractivity contribution >= 4 is 28.3 Å². The molecule has 2 aromatic carbocycles. The Kier molecular flexibility index (Phi) is 7.60. The number of piperazine rings is 1. The Morgan fingerprint density at radius 1 is 1.02 bits per heavy atom. The first-order valence-electron chi connectivity index (χ1n) is 14.0. The first-order valence-corrected chi connectivity index (χ1v) is 14.0. The monoisotopic (exact) mass is 562 g/mol. The lowest BCUT2D eigenvalue weighted by atomic mass is 10.00. The molecule has 6 rings (SSSR count). The molecule has 0 amide bonds. The smallest absolute Gasteiger partial charge is 0.337 e. The van der Waals surface area contributed by atoms with Crippen LogP contribution in [-0.4, -0.2) is 81.5 Å². The van der Waals surface area contributed by atoms with E-state index in [4.69, 9.17) is 14.7 Å². The van der Waals surface area contributed by atoms with E-state index < -0.39 is 5.97 Å². The number of aromatic hydroxyl groups is 1. The third-order valence-electron chi connectivity index (χ3n) is 7.80. The fourth-order valence-electron chi connectivity index (χ4n) is 5.51. The largest absolute Gasteiger partial charge is 0.494 e. The molecular weight excluding hydrogens is 528 g/mol. The summed E-state index contributed by atoms with van der Waals surface area (Å²) >= 11 is 0. The Morgan fingerprint density at radius 3 is 2.55 bits per heavy atom. The van der Waals surface area contributed by atoms with Gasteiger partial charge in [-0.05, 0) is 49.9 Å². The van der Waals surface area contributed by atoms with Crippen molar-refractivity contribution in [1.82, 2.24) is 24.3 Å². The number of hydrogen-bond donors (Lipinski definition) is 2. The molecule has 214 valence electrons. The maximum absolute atomic E-state index is 12.1. The molecular formula is C33H34N6O3. The van der Waals surface area contributed by atoms with Crippen molar-refractivity contribution < 1.29 is 14.6 Å². The summed E-state index contributed by atoms with van der Waals surface area (Å²) in [7, 11) is 3.51. The number of carbonyl (C=O) groups excluding carboxylic acids is 1. The molecule has 2 N–H and O–H groups in total. The number of fused-ring (bicyclic) bond motifs is 1. The van der Waals surface area contributed by atoms with Crippen molar-refractivity contribution in [2.75, 3.05) is 40.3 Å². The number of esters is 1. The summed E-state index contributed by atoms with van der Waals surface area (Å²) in [5.74, 6) is 0.395. The topological polar surface area (TPSA) is 99.0 Å². The summed E-state index contributed by atoms with van der Waals surface area (Å²) in [6.07, 6.45) is 3.83. The van der Waals surface area contributed by atoms with Crippen LogP contribution >= 0.6 is 0 Å². The molecule has 0 atom stereocenters. The zero-order chi connectivity index (χ0) is 29.2. The predicted octanol–water partition coefficient (Wildman–Crippen LogP) is 5.07. The number of aromatic nitrogens is 3. The quantitative estimate of drug-likeness (QED) is 0.212. The first-order chi connectivity index (χ1) is 20.4. The van der Waals surface area contributed by atoms with Crippen molar-refractivity contribution in [1.29, 1.82) is 0 Å². The number of carbonyl (C=O) groups is 1. The number of rotatable bonds is 7. The molecule has 0 aliphatic carbocycles. The minimum Gasteiger partial charge on any atom is -0.494 e. The SMILES string of the molecule is COC(=O)c1ccc2c(C(=Nc3cnc(-n4cccc4CN4CCN(C)CC4)c(C)c3)c3ccccc3)c(O)[nH]c2c1. The minimum absolute atomic E-state index is 0.0307. The van der Waals surface area contributed by atoms with E-state index in [9.17, 15) is 9.90 Å². The van der Waals surface area contributed by atoms with Crippen molar-refractivity contribution in [2.45, 2.75) is 13.5 Å². The number of pyridine rings is 1. The molecule has 0 saturated carbocycles. The van der Waals surface area contributed by atoms with E-state index in [-0.39, 0.29) is 5.88 Å². The van der Waals surface area contributed by atoms with E-state index in [2.05, 4.69) is 44.7 Å². The van der Waals surface area contributed by atoms with E-state index in [0.29, 0.717) is 28.0 Å². The second-order valence-corrected chi connectivity index (χ2v) is 10.7. The number of benzene rings is 2. The number of likely N-dealkylation sites (N-methyl/N-ethyl adjacent to an activating group) is 1. The van der Waals surface area contributed by atoms with Crippen molar-refractivity contribution in [3.05, 3.63) is 107 Å². The Balaban J connectivity index is 1.37. The van der Waals surface area contributed by atoms with Gasteiger partial charge >= 0.3 is 5.97 Å². The van der Waals surface area contributed by atoms with Crippen LogP contribution in [0.4, 0.5) is 5.69 Å². The van der Waals surface area contributed by atoms with Crippen molar-refractivity contribution in [3.8, 4) is 11.7 Å². The van der Waals surface area contributed by atoms with Gasteiger partial charge in [0.15, 0.2) is 5.88 Å². The number of aromatic amines is 1. The summed E-state index contributed by atoms with van der Waals surface area (Å²) in [6.45, 7) is 7.17. The molecule has 42 heavy (non-hydrogen) atoms. The van der Waals surface area contributed by atoms with Crippen LogP contribution in [0.2, 0.25) is 0 Å². The summed E-state index contributed by atoms with van der Waals surface area (Å²) in [4.78, 5) is 29.8. The number of hydrogen-bond acceptors (Lipinski definition) is 7. The van der Waals surface area contributed by atoms with Crippen molar-refractivity contribution in [2.24, 2.45) is 4.99 Å². The van der Waals surface area contributed by atoms with Crippen LogP contribution in [0.15, 0.2) is 84.1 Å². The Bertz CT molecular complexity index is 1760. The van der Waals surface area contributed by atoms with Crippen LogP contribution < -0.4 is 0 Å². The van der Waals surface area contributed by atoms with E-state index >= 15 is 0 Å². The van der Waals surface area contributed by atoms with Crippen LogP contribution in [0, 0.1) is 6.92 Å². The summed E-state index contributed by atoms with van der Waals surface area (Å²) in [5, 5.41) is 11.8. The Morgan fingerprint density at radius 2 is 1.81 bits per heavy atom. The van der Waals surface area contributed by atoms with Crippen LogP contribution in [0.5, 0.6) is 5.88 Å². The van der Waals surface area contributed by atoms with E-state index in [0.717, 1.165) is 55.1 Å². The molecule has 1 fully saturated rings. The minimum atomic E-state index is -0.444. The number of methoxy groups -OCH3 is 1. The number of ether oxygens (including phenoxy) is 1. The standard InChI is InChI=1S/C33H34N6O3/c1-22-18-25(20-34-31(22)39-13-7-10-26(39)21-38-16-14-37(2)15-17-38)35-30(23-8-5-4-6-9-23)29-27-12-11-24(33(41)42-3)19-28(27)36-32(29)40/h4-13,18-20,36,40H,14-17,21H2,1-3H3. The fourth-order valence-corrected chi connectivity index (χ4v) is 5.51. The van der Waals surface area contributed by atoms with Crippen molar-refractivity contribution in [3.63, 3.8) is 0 Å². The van der Waals surface area contributed by atoms with Gasteiger partial charge in [0.05, 0.1) is 35.8 Å². The molecule has 1 aliphatic rings. The van der Waals surface area contributed by atoms with E-state index in [1.807, 2.05) is 43.3 Å². The highest BCUT2D eigenvalue weighted by Crippen LogP contribution is 2.32. The number of H-pyrrole nitrogens is 1. The molecule has 0 spiro atoms. The summed E-state index contributed by atoms with van der Waals surface area (Å²) in [6, 6.07) is 21.1. The van der Waals surface area contributed by atoms with Gasteiger partial charge in [0.25, 0.3) is 0 Å². The molecule has 0 bridgehead atoms. The van der Waals surface area contributed by atoms with Gasteiger partial charge in [-0.2, -0.15) is 0 Å². The normalized spacial score (nSPS) is 14.9. The van der Waals surface area contributed by atoms with Gasteiger partial charge in [-0.3, -0.25) is 4.90 Å². The molecule has 5 aromatic rings. The maximum atomic E-state index is 12.1. The molecule has 1 saturated heterocycles. The Hall–Kier alpha value is -4.73. The van der Waals surface area contributed by atoms with Gasteiger partial charge in [-0.15, -0.1) is 0 Å². The average Bonchev–Trinajstić information content (AvgIpc) is 3.59. The summed E-state index contributed by atoms with van der Waals surface area (Å²) < 4.78 is 7.02. The number of nitrogens with one attached hydrogen (secondary N) is 1. The molecule has 0 radical (unpaired) electrons. The highest BCUT2D eigenvalue weighted by Gasteiger charge is 2.21. The second-order valence-electron chi connectivity index (χ2n) is 10.7. The number of aliphatic imine (C=N–C) groups is 1. The maximum Gasteiger partial charge on any atom is 0.337 e. The van der Waals surface area contributed by atoms with Gasteiger partial charge in [-0.1, -0.05) is 36.4 Å². The molecule has 1 aliphatic heterocycles. The molecule has 3 aromatic heterocycles. The van der Waals surface area contributed by atoms with Crippen LogP contribution in [-0.2, 0) is 11.3 Å². The third-order valence-corrected chi connectivity index (χ3v) is 7.80. The van der Waals surface area contributed by atoms with Gasteiger partial charge in [0, 0.05) is 61.1 Å². The highest BCUT2D eigenvalue weighted by atomic mass is 16.5. The highest BCUT2D eigenvalue weighted by molar-refractivity contribution is 6.22. The zero-order valence-electron chi connectivity index (χ0n) is 24.0. The lowest BCUT2D eigenvalue weighted by Gasteiger charge is -2.32. The zero-order valence-corrected chi connectivity index (χ0v) is 24.0. The Labute approximate surface area is 244 Å². The van der Waals surface area contributed by atoms with Gasteiger partial charge in [-0.25, -0.2) is 14.8 Å². The summed E-state index contributed by atoms with van der Waals surface area (Å²) in [5.41, 5.74) is 5.85. The number of nitrogens with zero attached hydrogens (tertiary/aromatic N) is 5. The third kappa shape index (κ3) is 5.44. The van der Waals surface area contributed by atoms with Gasteiger partial charge in [0.2, 0.25) is 0 Å². The molecule has 9 heteroatoms. The van der Waals surface area contributed by atoms with Gasteiger partial charge < -0.3 is 24.3 Å². The number of aryl methyl sites for hydroxylation is 1. The molecule has 0 unspecified atom stereocenters. The van der Waals surface area contributed by atoms with Crippen LogP contribution in [0.25, 0.3) is 16.7 Å². The fraction of sp³-hybridized carbons (Fsp3) is 0.242. The lowest BCUT2D eigenvalue weighted by molar-refractivity contribution is 0.0601. The second kappa shape index (κ2) is 11.6. The predicted molar refractivity (Wildman–Crippen MR) is 164 cm³/mol. The lowest BCUT2D eigenvalue weighted by Crippen LogP contribution is -2.44. The molecule has 4 heterocycles. The van der Waals surface area contributed by atoms with Crippen LogP contribution in [0.1, 0.15) is 32.7 Å².